The highest BCUT2D eigenvalue weighted by molar-refractivity contribution is 5.96. The fourth-order valence-corrected chi connectivity index (χ4v) is 3.14. The van der Waals surface area contributed by atoms with E-state index in [2.05, 4.69) is 12.2 Å². The molecule has 1 saturated carbocycles. The maximum Gasteiger partial charge on any atom is 0.237 e. The van der Waals surface area contributed by atoms with E-state index >= 15 is 0 Å². The SMILES string of the molecule is CNCC(=O)N1CC(C)C[C@H]1C(=O)CC1(C(C)=O)CC1. The van der Waals surface area contributed by atoms with E-state index in [0.717, 1.165) is 19.3 Å². The fourth-order valence-electron chi connectivity index (χ4n) is 3.14. The van der Waals surface area contributed by atoms with E-state index in [4.69, 9.17) is 0 Å². The summed E-state index contributed by atoms with van der Waals surface area (Å²) in [6.45, 7) is 4.53. The Bertz CT molecular complexity index is 429. The van der Waals surface area contributed by atoms with Gasteiger partial charge in [0, 0.05) is 18.4 Å². The van der Waals surface area contributed by atoms with Crippen molar-refractivity contribution in [3.8, 4) is 0 Å². The van der Waals surface area contributed by atoms with E-state index in [9.17, 15) is 14.4 Å². The number of hydrogen-bond donors (Lipinski definition) is 1. The molecule has 1 aliphatic carbocycles. The van der Waals surface area contributed by atoms with Crippen molar-refractivity contribution in [2.45, 2.75) is 45.6 Å². The Labute approximate surface area is 120 Å². The van der Waals surface area contributed by atoms with Gasteiger partial charge in [0.05, 0.1) is 12.6 Å². The van der Waals surface area contributed by atoms with Crippen molar-refractivity contribution in [3.05, 3.63) is 0 Å². The van der Waals surface area contributed by atoms with Gasteiger partial charge in [0.25, 0.3) is 0 Å². The van der Waals surface area contributed by atoms with Crippen LogP contribution in [0.25, 0.3) is 0 Å². The number of likely N-dealkylation sites (tertiary alicyclic amines) is 1. The quantitative estimate of drug-likeness (QED) is 0.780. The number of carbonyl (C=O) groups is 3. The summed E-state index contributed by atoms with van der Waals surface area (Å²) in [6, 6.07) is -0.331. The molecule has 20 heavy (non-hydrogen) atoms. The minimum Gasteiger partial charge on any atom is -0.331 e. The molecule has 112 valence electrons. The zero-order valence-corrected chi connectivity index (χ0v) is 12.6. The summed E-state index contributed by atoms with van der Waals surface area (Å²) in [5, 5.41) is 2.84. The van der Waals surface area contributed by atoms with Crippen LogP contribution in [0, 0.1) is 11.3 Å². The molecular formula is C15H24N2O3. The number of nitrogens with zero attached hydrogens (tertiary/aromatic N) is 1. The molecule has 0 bridgehead atoms. The van der Waals surface area contributed by atoms with Crippen LogP contribution in [0.3, 0.4) is 0 Å². The largest absolute Gasteiger partial charge is 0.331 e. The zero-order valence-electron chi connectivity index (χ0n) is 12.6. The highest BCUT2D eigenvalue weighted by Gasteiger charge is 2.50. The highest BCUT2D eigenvalue weighted by atomic mass is 16.2. The zero-order chi connectivity index (χ0) is 14.9. The molecule has 0 aromatic rings. The predicted octanol–water partition coefficient (Wildman–Crippen LogP) is 0.771. The van der Waals surface area contributed by atoms with Gasteiger partial charge in [-0.3, -0.25) is 14.4 Å². The Morgan fingerprint density at radius 1 is 1.30 bits per heavy atom. The average molecular weight is 280 g/mol. The maximum atomic E-state index is 12.5. The molecule has 1 heterocycles. The van der Waals surface area contributed by atoms with E-state index in [-0.39, 0.29) is 30.1 Å². The molecule has 1 saturated heterocycles. The van der Waals surface area contributed by atoms with Crippen LogP contribution in [-0.4, -0.2) is 48.6 Å². The third-order valence-corrected chi connectivity index (χ3v) is 4.64. The fraction of sp³-hybridized carbons (Fsp3) is 0.800. The van der Waals surface area contributed by atoms with Crippen LogP contribution in [0.4, 0.5) is 0 Å². The second-order valence-electron chi connectivity index (χ2n) is 6.41. The lowest BCUT2D eigenvalue weighted by Crippen LogP contribution is -2.44. The third kappa shape index (κ3) is 2.92. The minimum atomic E-state index is -0.402. The van der Waals surface area contributed by atoms with Crippen molar-refractivity contribution < 1.29 is 14.4 Å². The van der Waals surface area contributed by atoms with E-state index in [1.165, 1.54) is 0 Å². The first-order valence-electron chi connectivity index (χ1n) is 7.37. The van der Waals surface area contributed by atoms with Gasteiger partial charge in [0.2, 0.25) is 5.91 Å². The molecule has 0 radical (unpaired) electrons. The first kappa shape index (κ1) is 15.2. The second-order valence-corrected chi connectivity index (χ2v) is 6.41. The third-order valence-electron chi connectivity index (χ3n) is 4.64. The normalized spacial score (nSPS) is 27.4. The van der Waals surface area contributed by atoms with Gasteiger partial charge in [0.1, 0.15) is 5.78 Å². The predicted molar refractivity (Wildman–Crippen MR) is 75.2 cm³/mol. The lowest BCUT2D eigenvalue weighted by atomic mass is 9.91. The summed E-state index contributed by atoms with van der Waals surface area (Å²) in [6.07, 6.45) is 2.67. The van der Waals surface area contributed by atoms with Crippen molar-refractivity contribution in [2.75, 3.05) is 20.1 Å². The molecular weight excluding hydrogens is 256 g/mol. The number of hydrogen-bond acceptors (Lipinski definition) is 4. The lowest BCUT2D eigenvalue weighted by Gasteiger charge is -2.25. The molecule has 2 aliphatic rings. The highest BCUT2D eigenvalue weighted by Crippen LogP contribution is 2.50. The van der Waals surface area contributed by atoms with Crippen molar-refractivity contribution in [2.24, 2.45) is 11.3 Å². The molecule has 0 spiro atoms. The van der Waals surface area contributed by atoms with Crippen LogP contribution in [0.15, 0.2) is 0 Å². The minimum absolute atomic E-state index is 0.0251. The van der Waals surface area contributed by atoms with E-state index < -0.39 is 5.41 Å². The Morgan fingerprint density at radius 2 is 1.95 bits per heavy atom. The summed E-state index contributed by atoms with van der Waals surface area (Å²) in [5.74, 6) is 0.497. The standard InChI is InChI=1S/C15H24N2O3/c1-10-6-12(17(9-10)14(20)8-16-3)13(19)7-15(4-5-15)11(2)18/h10,12,16H,4-9H2,1-3H3/t10?,12-/m0/s1. The van der Waals surface area contributed by atoms with Gasteiger partial charge in [-0.05, 0) is 39.2 Å². The molecule has 1 N–H and O–H groups in total. The Hall–Kier alpha value is -1.23. The van der Waals surface area contributed by atoms with E-state index in [0.29, 0.717) is 18.9 Å². The van der Waals surface area contributed by atoms with Crippen molar-refractivity contribution in [1.82, 2.24) is 10.2 Å². The molecule has 0 aromatic carbocycles. The van der Waals surface area contributed by atoms with Crippen LogP contribution in [-0.2, 0) is 14.4 Å². The number of rotatable bonds is 6. The van der Waals surface area contributed by atoms with E-state index in [1.54, 1.807) is 18.9 Å². The molecule has 5 heteroatoms. The summed E-state index contributed by atoms with van der Waals surface area (Å²) in [7, 11) is 1.73. The van der Waals surface area contributed by atoms with Gasteiger partial charge < -0.3 is 10.2 Å². The molecule has 1 aliphatic heterocycles. The monoisotopic (exact) mass is 280 g/mol. The maximum absolute atomic E-state index is 12.5. The Balaban J connectivity index is 2.03. The smallest absolute Gasteiger partial charge is 0.237 e. The summed E-state index contributed by atoms with van der Waals surface area (Å²) in [4.78, 5) is 37.9. The number of carbonyl (C=O) groups excluding carboxylic acids is 3. The first-order valence-corrected chi connectivity index (χ1v) is 7.37. The molecule has 2 rings (SSSR count). The van der Waals surface area contributed by atoms with Crippen molar-refractivity contribution in [1.29, 1.82) is 0 Å². The second kappa shape index (κ2) is 5.64. The number of ketones is 2. The van der Waals surface area contributed by atoms with Gasteiger partial charge in [0.15, 0.2) is 5.78 Å². The van der Waals surface area contributed by atoms with Gasteiger partial charge in [-0.15, -0.1) is 0 Å². The summed E-state index contributed by atoms with van der Waals surface area (Å²) in [5.41, 5.74) is -0.402. The average Bonchev–Trinajstić information content (AvgIpc) is 3.04. The van der Waals surface area contributed by atoms with Crippen LogP contribution in [0.1, 0.15) is 39.5 Å². The van der Waals surface area contributed by atoms with Gasteiger partial charge in [-0.2, -0.15) is 0 Å². The van der Waals surface area contributed by atoms with Crippen LogP contribution in [0.5, 0.6) is 0 Å². The Morgan fingerprint density at radius 3 is 2.45 bits per heavy atom. The van der Waals surface area contributed by atoms with Crippen LogP contribution >= 0.6 is 0 Å². The number of likely N-dealkylation sites (N-methyl/N-ethyl adjacent to an activating group) is 1. The van der Waals surface area contributed by atoms with Gasteiger partial charge in [-0.1, -0.05) is 6.92 Å². The first-order chi connectivity index (χ1) is 9.39. The number of Topliss-reactive ketones (excluding diaryl/α,β-unsaturated/α-hetero) is 2. The van der Waals surface area contributed by atoms with Gasteiger partial charge >= 0.3 is 0 Å². The Kier molecular flexibility index (Phi) is 4.28. The lowest BCUT2D eigenvalue weighted by molar-refractivity contribution is -0.138. The number of nitrogens with one attached hydrogen (secondary N) is 1. The van der Waals surface area contributed by atoms with Crippen molar-refractivity contribution in [3.63, 3.8) is 0 Å². The van der Waals surface area contributed by atoms with E-state index in [1.807, 2.05) is 0 Å². The van der Waals surface area contributed by atoms with Crippen LogP contribution < -0.4 is 5.32 Å². The molecule has 1 amide bonds. The van der Waals surface area contributed by atoms with Gasteiger partial charge in [-0.25, -0.2) is 0 Å². The summed E-state index contributed by atoms with van der Waals surface area (Å²) < 4.78 is 0. The molecule has 5 nitrogen and oxygen atoms in total. The topological polar surface area (TPSA) is 66.5 Å². The number of amides is 1. The molecule has 2 atom stereocenters. The van der Waals surface area contributed by atoms with Crippen molar-refractivity contribution >= 4 is 17.5 Å². The summed E-state index contributed by atoms with van der Waals surface area (Å²) >= 11 is 0. The molecule has 2 fully saturated rings. The van der Waals surface area contributed by atoms with Crippen LogP contribution in [0.2, 0.25) is 0 Å². The molecule has 1 unspecified atom stereocenters. The molecule has 0 aromatic heterocycles.